The first kappa shape index (κ1) is 15.3. The van der Waals surface area contributed by atoms with Crippen LogP contribution in [0.2, 0.25) is 0 Å². The van der Waals surface area contributed by atoms with Crippen LogP contribution in [0.15, 0.2) is 12.1 Å². The summed E-state index contributed by atoms with van der Waals surface area (Å²) in [5.74, 6) is -4.05. The summed E-state index contributed by atoms with van der Waals surface area (Å²) in [6.07, 6.45) is 4.17. The molecule has 1 aromatic rings. The summed E-state index contributed by atoms with van der Waals surface area (Å²) < 4.78 is 39.8. The van der Waals surface area contributed by atoms with Crippen molar-refractivity contribution in [3.8, 4) is 0 Å². The van der Waals surface area contributed by atoms with E-state index in [4.69, 9.17) is 0 Å². The van der Waals surface area contributed by atoms with Crippen molar-refractivity contribution in [3.05, 3.63) is 35.1 Å². The minimum Gasteiger partial charge on any atom is -0.338 e. The van der Waals surface area contributed by atoms with E-state index in [2.05, 4.69) is 5.32 Å². The Labute approximate surface area is 127 Å². The van der Waals surface area contributed by atoms with Gasteiger partial charge in [-0.25, -0.2) is 13.2 Å². The highest BCUT2D eigenvalue weighted by Gasteiger charge is 2.28. The van der Waals surface area contributed by atoms with Gasteiger partial charge in [-0.1, -0.05) is 0 Å². The van der Waals surface area contributed by atoms with Gasteiger partial charge >= 0.3 is 0 Å². The zero-order chi connectivity index (χ0) is 15.7. The second-order valence-electron chi connectivity index (χ2n) is 6.14. The fourth-order valence-electron chi connectivity index (χ4n) is 2.80. The molecule has 22 heavy (non-hydrogen) atoms. The molecular weight excluding hydrogens is 293 g/mol. The molecule has 1 aliphatic heterocycles. The lowest BCUT2D eigenvalue weighted by Gasteiger charge is -2.32. The Balaban J connectivity index is 1.58. The number of rotatable bonds is 4. The zero-order valence-corrected chi connectivity index (χ0v) is 12.2. The smallest absolute Gasteiger partial charge is 0.256 e. The first-order valence-corrected chi connectivity index (χ1v) is 7.72. The molecule has 3 nitrogen and oxygen atoms in total. The van der Waals surface area contributed by atoms with Crippen molar-refractivity contribution in [3.63, 3.8) is 0 Å². The van der Waals surface area contributed by atoms with Gasteiger partial charge in [0.15, 0.2) is 17.5 Å². The van der Waals surface area contributed by atoms with Crippen molar-refractivity contribution in [2.75, 3.05) is 19.6 Å². The van der Waals surface area contributed by atoms with E-state index in [9.17, 15) is 18.0 Å². The third-order valence-corrected chi connectivity index (χ3v) is 4.44. The van der Waals surface area contributed by atoms with Gasteiger partial charge in [-0.2, -0.15) is 0 Å². The Bertz CT molecular complexity index is 567. The number of carbonyl (C=O) groups excluding carboxylic acids is 1. The molecule has 0 atom stereocenters. The number of nitrogens with zero attached hydrogens (tertiary/aromatic N) is 1. The van der Waals surface area contributed by atoms with Gasteiger partial charge in [0.1, 0.15) is 0 Å². The molecule has 2 aliphatic rings. The van der Waals surface area contributed by atoms with Crippen LogP contribution in [0.5, 0.6) is 0 Å². The van der Waals surface area contributed by atoms with Gasteiger partial charge in [0.2, 0.25) is 0 Å². The normalized spacial score (nSPS) is 19.5. The van der Waals surface area contributed by atoms with Crippen LogP contribution in [0.1, 0.15) is 36.0 Å². The van der Waals surface area contributed by atoms with Crippen molar-refractivity contribution in [2.45, 2.75) is 31.7 Å². The van der Waals surface area contributed by atoms with Crippen LogP contribution in [-0.4, -0.2) is 36.5 Å². The molecule has 1 N–H and O–H groups in total. The Morgan fingerprint density at radius 2 is 1.77 bits per heavy atom. The summed E-state index contributed by atoms with van der Waals surface area (Å²) >= 11 is 0. The van der Waals surface area contributed by atoms with Crippen LogP contribution in [0, 0.1) is 23.4 Å². The zero-order valence-electron chi connectivity index (χ0n) is 12.2. The SMILES string of the molecule is O=C(c1ccc(F)c(F)c1F)N1CCC(NCC2CC2)CC1. The molecule has 1 heterocycles. The first-order valence-electron chi connectivity index (χ1n) is 7.72. The lowest BCUT2D eigenvalue weighted by atomic mass is 10.0. The van der Waals surface area contributed by atoms with E-state index in [1.807, 2.05) is 0 Å². The summed E-state index contributed by atoms with van der Waals surface area (Å²) in [4.78, 5) is 13.7. The molecule has 6 heteroatoms. The second-order valence-corrected chi connectivity index (χ2v) is 6.14. The Hall–Kier alpha value is -1.56. The monoisotopic (exact) mass is 312 g/mol. The summed E-state index contributed by atoms with van der Waals surface area (Å²) in [6, 6.07) is 2.17. The molecule has 1 aliphatic carbocycles. The summed E-state index contributed by atoms with van der Waals surface area (Å²) in [5.41, 5.74) is -0.400. The van der Waals surface area contributed by atoms with Gasteiger partial charge in [-0.05, 0) is 50.3 Å². The molecule has 1 saturated carbocycles. The van der Waals surface area contributed by atoms with Crippen LogP contribution in [-0.2, 0) is 0 Å². The largest absolute Gasteiger partial charge is 0.338 e. The highest BCUT2D eigenvalue weighted by Crippen LogP contribution is 2.28. The number of hydrogen-bond acceptors (Lipinski definition) is 2. The van der Waals surface area contributed by atoms with Crippen LogP contribution in [0.3, 0.4) is 0 Å². The fraction of sp³-hybridized carbons (Fsp3) is 0.562. The first-order chi connectivity index (χ1) is 10.6. The van der Waals surface area contributed by atoms with Crippen molar-refractivity contribution >= 4 is 5.91 Å². The number of benzene rings is 1. The van der Waals surface area contributed by atoms with Gasteiger partial charge in [-0.15, -0.1) is 0 Å². The van der Waals surface area contributed by atoms with Crippen molar-refractivity contribution in [1.29, 1.82) is 0 Å². The molecule has 0 radical (unpaired) electrons. The highest BCUT2D eigenvalue weighted by molar-refractivity contribution is 5.94. The molecule has 0 aromatic heterocycles. The predicted octanol–water partition coefficient (Wildman–Crippen LogP) is 2.71. The maximum atomic E-state index is 13.7. The van der Waals surface area contributed by atoms with Crippen LogP contribution >= 0.6 is 0 Å². The Kier molecular flexibility index (Phi) is 4.38. The van der Waals surface area contributed by atoms with Crippen molar-refractivity contribution in [1.82, 2.24) is 10.2 Å². The number of amides is 1. The molecule has 120 valence electrons. The predicted molar refractivity (Wildman–Crippen MR) is 76.0 cm³/mol. The van der Waals surface area contributed by atoms with E-state index in [1.54, 1.807) is 0 Å². The van der Waals surface area contributed by atoms with E-state index in [-0.39, 0.29) is 0 Å². The highest BCUT2D eigenvalue weighted by atomic mass is 19.2. The van der Waals surface area contributed by atoms with Crippen molar-refractivity contribution in [2.24, 2.45) is 5.92 Å². The number of carbonyl (C=O) groups is 1. The summed E-state index contributed by atoms with van der Waals surface area (Å²) in [7, 11) is 0. The number of halogens is 3. The number of hydrogen-bond donors (Lipinski definition) is 1. The Morgan fingerprint density at radius 3 is 2.41 bits per heavy atom. The molecule has 1 aromatic carbocycles. The van der Waals surface area contributed by atoms with Gasteiger partial charge in [0.05, 0.1) is 5.56 Å². The topological polar surface area (TPSA) is 32.3 Å². The van der Waals surface area contributed by atoms with Gasteiger partial charge in [0, 0.05) is 19.1 Å². The van der Waals surface area contributed by atoms with E-state index in [1.165, 1.54) is 17.7 Å². The summed E-state index contributed by atoms with van der Waals surface area (Å²) in [6.45, 7) is 2.02. The maximum absolute atomic E-state index is 13.7. The van der Waals surface area contributed by atoms with E-state index in [0.717, 1.165) is 37.4 Å². The van der Waals surface area contributed by atoms with Crippen molar-refractivity contribution < 1.29 is 18.0 Å². The molecule has 0 spiro atoms. The van der Waals surface area contributed by atoms with Crippen LogP contribution in [0.4, 0.5) is 13.2 Å². The number of piperidine rings is 1. The molecule has 1 saturated heterocycles. The molecule has 3 rings (SSSR count). The van der Waals surface area contributed by atoms with E-state index in [0.29, 0.717) is 19.1 Å². The average Bonchev–Trinajstić information content (AvgIpc) is 3.35. The van der Waals surface area contributed by atoms with Gasteiger partial charge in [0.25, 0.3) is 5.91 Å². The second kappa shape index (κ2) is 6.28. The van der Waals surface area contributed by atoms with E-state index < -0.39 is 28.9 Å². The molecular formula is C16H19F3N2O. The lowest BCUT2D eigenvalue weighted by molar-refractivity contribution is 0.0699. The maximum Gasteiger partial charge on any atom is 0.256 e. The minimum absolute atomic E-state index is 0.374. The lowest BCUT2D eigenvalue weighted by Crippen LogP contribution is -2.45. The quantitative estimate of drug-likeness (QED) is 0.867. The standard InChI is InChI=1S/C16H19F3N2O/c17-13-4-3-12(14(18)15(13)19)16(22)21-7-5-11(6-8-21)20-9-10-1-2-10/h3-4,10-11,20H,1-2,5-9H2. The molecule has 0 unspecified atom stereocenters. The van der Waals surface area contributed by atoms with Crippen LogP contribution in [0.25, 0.3) is 0 Å². The summed E-state index contributed by atoms with van der Waals surface area (Å²) in [5, 5.41) is 3.49. The fourth-order valence-corrected chi connectivity index (χ4v) is 2.80. The number of nitrogens with one attached hydrogen (secondary N) is 1. The number of likely N-dealkylation sites (tertiary alicyclic amines) is 1. The average molecular weight is 312 g/mol. The third-order valence-electron chi connectivity index (χ3n) is 4.44. The van der Waals surface area contributed by atoms with E-state index >= 15 is 0 Å². The minimum atomic E-state index is -1.59. The van der Waals surface area contributed by atoms with Crippen LogP contribution < -0.4 is 5.32 Å². The molecule has 1 amide bonds. The van der Waals surface area contributed by atoms with Gasteiger partial charge in [-0.3, -0.25) is 4.79 Å². The Morgan fingerprint density at radius 1 is 1.09 bits per heavy atom. The molecule has 2 fully saturated rings. The molecule has 0 bridgehead atoms. The third kappa shape index (κ3) is 3.27. The van der Waals surface area contributed by atoms with Gasteiger partial charge < -0.3 is 10.2 Å².